The molecule has 0 atom stereocenters. The van der Waals surface area contributed by atoms with Gasteiger partial charge in [0.1, 0.15) is 0 Å². The fraction of sp³-hybridized carbons (Fsp3) is 1.00. The van der Waals surface area contributed by atoms with Crippen molar-refractivity contribution >= 4 is 119 Å². The molecular weight excluding hydrogens is 1770 g/mol. The van der Waals surface area contributed by atoms with E-state index < -0.39 is 22.8 Å². The zero-order valence-electron chi connectivity index (χ0n) is 79.4. The Labute approximate surface area is 793 Å². The number of rotatable bonds is 96. The molecule has 0 heterocycles. The van der Waals surface area contributed by atoms with E-state index in [1.807, 2.05) is 0 Å². The minimum absolute atomic E-state index is 0.676. The molecule has 0 saturated heterocycles. The van der Waals surface area contributed by atoms with Crippen LogP contribution in [0.3, 0.4) is 0 Å². The summed E-state index contributed by atoms with van der Waals surface area (Å²) in [6.45, 7) is 23.6. The van der Waals surface area contributed by atoms with Crippen molar-refractivity contribution in [3.8, 4) is 0 Å². The van der Waals surface area contributed by atoms with Crippen molar-refractivity contribution < 1.29 is 59.4 Å². The Kier molecular flexibility index (Phi) is 126. The van der Waals surface area contributed by atoms with Gasteiger partial charge in [-0.3, -0.25) is 0 Å². The van der Waals surface area contributed by atoms with Crippen molar-refractivity contribution in [3.05, 3.63) is 0 Å². The molecule has 0 aliphatic heterocycles. The zero-order chi connectivity index (χ0) is 87.9. The molecule has 0 fully saturated rings. The van der Waals surface area contributed by atoms with Gasteiger partial charge in [0.15, 0.2) is 0 Å². The molecule has 0 aromatic carbocycles. The van der Waals surface area contributed by atoms with E-state index in [-0.39, 0.29) is 0 Å². The summed E-state index contributed by atoms with van der Waals surface area (Å²) in [6, 6.07) is 0. The van der Waals surface area contributed by atoms with Crippen LogP contribution >= 0.6 is 22.8 Å². The van der Waals surface area contributed by atoms with Crippen LogP contribution in [-0.4, -0.2) is 52.9 Å². The fourth-order valence-electron chi connectivity index (χ4n) is 14.3. The second kappa shape index (κ2) is 113. The van der Waals surface area contributed by atoms with Crippen LogP contribution in [0.15, 0.2) is 0 Å². The molecule has 9 nitrogen and oxygen atoms in total. The first-order chi connectivity index (χ1) is 57.5. The molecule has 0 bridgehead atoms. The molecule has 118 heavy (non-hydrogen) atoms. The molecule has 0 N–H and O–H groups in total. The third-order valence-corrected chi connectivity index (χ3v) is 31.0. The summed E-state index contributed by atoms with van der Waals surface area (Å²) in [7, 11) is 0. The van der Waals surface area contributed by atoms with Gasteiger partial charge in [-0.05, 0) is 51.4 Å². The number of hydrogen-bond donors (Lipinski definition) is 0. The molecule has 0 saturated carbocycles. The zero-order valence-corrected chi connectivity index (χ0v) is 91.5. The summed E-state index contributed by atoms with van der Waals surface area (Å²) in [5.74, 6) is 0. The summed E-state index contributed by atoms with van der Waals surface area (Å²) in [5.41, 5.74) is -9.72. The van der Waals surface area contributed by atoms with Crippen LogP contribution in [0.5, 0.6) is 0 Å². The Morgan fingerprint density at radius 1 is 0.144 bits per heavy atom. The van der Waals surface area contributed by atoms with Crippen LogP contribution in [0.4, 0.5) is 0 Å². The van der Waals surface area contributed by atoms with Crippen LogP contribution in [0.2, 0.25) is 0 Å². The van der Waals surface area contributed by atoms with Gasteiger partial charge in [0, 0.05) is 0 Å². The van der Waals surface area contributed by atoms with Gasteiger partial charge >= 0.3 is 23.2 Å². The molecular formula is C96H200MoO9P4S8. The Morgan fingerprint density at radius 2 is 0.203 bits per heavy atom. The normalized spacial score (nSPS) is 11.8. The van der Waals surface area contributed by atoms with E-state index in [9.17, 15) is 0 Å². The van der Waals surface area contributed by atoms with Gasteiger partial charge in [-0.2, -0.15) is 0 Å². The van der Waals surface area contributed by atoms with Crippen molar-refractivity contribution in [1.29, 1.82) is 0 Å². The first-order valence-electron chi connectivity index (χ1n) is 51.1. The second-order valence-electron chi connectivity index (χ2n) is 33.9. The summed E-state index contributed by atoms with van der Waals surface area (Å²) in [4.78, 5) is 0. The molecule has 0 aliphatic carbocycles. The Bertz CT molecular complexity index is 1650. The van der Waals surface area contributed by atoms with E-state index in [1.54, 1.807) is 0 Å². The van der Waals surface area contributed by atoms with E-state index >= 15 is 0 Å². The second-order valence-corrected chi connectivity index (χ2v) is 53.9. The summed E-state index contributed by atoms with van der Waals surface area (Å²) >= 11 is 43.6. The Hall–Kier alpha value is 4.17. The van der Waals surface area contributed by atoms with Gasteiger partial charge in [-0.25, -0.2) is 0 Å². The molecule has 0 aliphatic rings. The Morgan fingerprint density at radius 3 is 0.271 bits per heavy atom. The summed E-state index contributed by atoms with van der Waals surface area (Å²) in [5, 5.41) is 0. The standard InChI is InChI=1S/4C24H51O2PS2.Mo.O/c4*1-3-5-7-9-11-13-15-17-19-21-23-25-27(28,29)26-24-22-20-18-16-14-12-10-8-6-4-2;;/h4*3-24H2,1-2H3,(H,28,29);;/q;;;;+4;/p-4. The fourth-order valence-corrected chi connectivity index (χ4v) is 21.0. The van der Waals surface area contributed by atoms with Crippen molar-refractivity contribution in [1.82, 2.24) is 0 Å². The average molecular weight is 1980 g/mol. The van der Waals surface area contributed by atoms with Gasteiger partial charge in [0.25, 0.3) is 0 Å². The van der Waals surface area contributed by atoms with Crippen LogP contribution in [-0.2, 0) is 156 Å². The van der Waals surface area contributed by atoms with Gasteiger partial charge in [0.2, 0.25) is 0 Å². The summed E-state index contributed by atoms with van der Waals surface area (Å²) < 4.78 is 54.0. The summed E-state index contributed by atoms with van der Waals surface area (Å²) in [6.07, 6.45) is 106. The molecule has 712 valence electrons. The molecule has 0 rings (SSSR count). The van der Waals surface area contributed by atoms with Gasteiger partial charge in [-0.15, -0.1) is 0 Å². The van der Waals surface area contributed by atoms with Crippen molar-refractivity contribution in [2.75, 3.05) is 52.9 Å². The van der Waals surface area contributed by atoms with E-state index in [4.69, 9.17) is 136 Å². The van der Waals surface area contributed by atoms with Crippen LogP contribution in [0.1, 0.15) is 569 Å². The molecule has 0 aromatic rings. The van der Waals surface area contributed by atoms with E-state index in [0.29, 0.717) is 72.6 Å². The molecule has 22 heteroatoms. The first-order valence-corrected chi connectivity index (χ1v) is 66.5. The molecule has 0 spiro atoms. The minimum atomic E-state index is -2.43. The van der Waals surface area contributed by atoms with Crippen molar-refractivity contribution in [3.63, 3.8) is 0 Å². The van der Waals surface area contributed by atoms with Gasteiger partial charge in [0.05, 0.1) is 75.6 Å². The monoisotopic (exact) mass is 1980 g/mol. The number of hydrogen-bond acceptors (Lipinski definition) is 17. The maximum atomic E-state index is 8.26. The third-order valence-electron chi connectivity index (χ3n) is 22.0. The SMILES string of the molecule is CCCCCCCCCCCCOP(=S)([S-])OCCCCCCCCCCCC.CCCCCCCCCCCCOP(=S)([S-])OCCCCCCCCCCCC.CCCCCCCCCCCCOP(=S)([S-])OCCCCCCCCCCCC.CCCCCCCCCCCCOP(=S)([S-])OCCCCCCCCCCCC.[O]=[Mo+4]. The first kappa shape index (κ1) is 131. The van der Waals surface area contributed by atoms with E-state index in [0.717, 1.165) is 51.4 Å². The topological polar surface area (TPSA) is 90.9 Å². The van der Waals surface area contributed by atoms with E-state index in [1.165, 1.54) is 462 Å². The van der Waals surface area contributed by atoms with Gasteiger partial charge < -0.3 is 85.2 Å². The van der Waals surface area contributed by atoms with Crippen LogP contribution in [0, 0.1) is 0 Å². The van der Waals surface area contributed by atoms with Crippen molar-refractivity contribution in [2.24, 2.45) is 0 Å². The molecule has 0 aromatic heterocycles. The predicted octanol–water partition coefficient (Wildman–Crippen LogP) is 38.4. The molecule has 0 unspecified atom stereocenters. The van der Waals surface area contributed by atoms with E-state index in [2.05, 4.69) is 55.4 Å². The molecule has 0 radical (unpaired) electrons. The Balaban J connectivity index is -0.000000477. The van der Waals surface area contributed by atoms with Gasteiger partial charge in [-0.1, -0.05) is 565 Å². The predicted molar refractivity (Wildman–Crippen MR) is 550 cm³/mol. The number of unbranched alkanes of at least 4 members (excludes halogenated alkanes) is 72. The van der Waals surface area contributed by atoms with Crippen LogP contribution < -0.4 is 0 Å². The third kappa shape index (κ3) is 126. The quantitative estimate of drug-likeness (QED) is 0.0250. The average Bonchev–Trinajstić information content (AvgIpc) is 0.959. The van der Waals surface area contributed by atoms with Crippen molar-refractivity contribution in [2.45, 2.75) is 569 Å². The van der Waals surface area contributed by atoms with Crippen LogP contribution in [0.25, 0.3) is 0 Å². The maximum absolute atomic E-state index is 8.26. The molecule has 0 amide bonds.